The predicted octanol–water partition coefficient (Wildman–Crippen LogP) is 2.31. The van der Waals surface area contributed by atoms with Crippen molar-refractivity contribution in [3.05, 3.63) is 34.4 Å². The van der Waals surface area contributed by atoms with E-state index < -0.39 is 0 Å². The molecule has 0 saturated carbocycles. The van der Waals surface area contributed by atoms with Crippen LogP contribution in [0.3, 0.4) is 0 Å². The van der Waals surface area contributed by atoms with Crippen LogP contribution < -0.4 is 5.32 Å². The fraction of sp³-hybridized carbons (Fsp3) is 0.250. The zero-order valence-electron chi connectivity index (χ0n) is 9.42. The molecule has 0 unspecified atom stereocenters. The number of ether oxygens (including phenoxy) is 1. The second-order valence-electron chi connectivity index (χ2n) is 3.64. The molecule has 5 heteroatoms. The average molecular weight is 297 g/mol. The van der Waals surface area contributed by atoms with Gasteiger partial charge in [-0.3, -0.25) is 4.79 Å². The molecule has 2 rings (SSSR count). The number of aromatic amines is 1. The van der Waals surface area contributed by atoms with E-state index >= 15 is 0 Å². The van der Waals surface area contributed by atoms with Gasteiger partial charge in [-0.15, -0.1) is 0 Å². The molecular weight excluding hydrogens is 284 g/mol. The molecule has 0 aliphatic carbocycles. The molecule has 0 radical (unpaired) electrons. The molecule has 0 fully saturated rings. The molecule has 1 aromatic heterocycles. The van der Waals surface area contributed by atoms with Crippen LogP contribution in [0.25, 0.3) is 10.9 Å². The summed E-state index contributed by atoms with van der Waals surface area (Å²) < 4.78 is 5.87. The lowest BCUT2D eigenvalue weighted by atomic mass is 10.1. The Kier molecular flexibility index (Phi) is 3.81. The fourth-order valence-corrected chi connectivity index (χ4v) is 2.01. The van der Waals surface area contributed by atoms with Crippen molar-refractivity contribution in [3.63, 3.8) is 0 Å². The summed E-state index contributed by atoms with van der Waals surface area (Å²) in [6.07, 6.45) is 1.72. The number of halogens is 1. The highest BCUT2D eigenvalue weighted by Crippen LogP contribution is 2.22. The summed E-state index contributed by atoms with van der Waals surface area (Å²) in [7, 11) is 1.61. The Morgan fingerprint density at radius 3 is 3.12 bits per heavy atom. The van der Waals surface area contributed by atoms with Crippen LogP contribution in [0.1, 0.15) is 10.4 Å². The minimum atomic E-state index is -0.0874. The predicted molar refractivity (Wildman–Crippen MR) is 70.2 cm³/mol. The third kappa shape index (κ3) is 2.68. The van der Waals surface area contributed by atoms with Crippen LogP contribution in [-0.2, 0) is 4.74 Å². The molecular formula is C12H13BrN2O2. The maximum absolute atomic E-state index is 11.9. The van der Waals surface area contributed by atoms with Gasteiger partial charge in [-0.25, -0.2) is 0 Å². The van der Waals surface area contributed by atoms with Crippen molar-refractivity contribution < 1.29 is 9.53 Å². The van der Waals surface area contributed by atoms with Crippen molar-refractivity contribution in [1.29, 1.82) is 0 Å². The third-order valence-corrected chi connectivity index (χ3v) is 2.97. The lowest BCUT2D eigenvalue weighted by Crippen LogP contribution is -2.26. The number of hydrogen-bond acceptors (Lipinski definition) is 2. The van der Waals surface area contributed by atoms with Gasteiger partial charge in [-0.05, 0) is 12.1 Å². The maximum atomic E-state index is 11.9. The van der Waals surface area contributed by atoms with Crippen LogP contribution in [0.15, 0.2) is 28.9 Å². The molecule has 2 N–H and O–H groups in total. The molecule has 0 aliphatic heterocycles. The zero-order valence-corrected chi connectivity index (χ0v) is 11.0. The molecule has 0 aliphatic rings. The topological polar surface area (TPSA) is 54.1 Å². The van der Waals surface area contributed by atoms with E-state index in [-0.39, 0.29) is 5.91 Å². The Labute approximate surface area is 107 Å². The van der Waals surface area contributed by atoms with Gasteiger partial charge in [-0.1, -0.05) is 22.0 Å². The number of nitrogens with one attached hydrogen (secondary N) is 2. The van der Waals surface area contributed by atoms with Gasteiger partial charge in [0.15, 0.2) is 0 Å². The normalized spacial score (nSPS) is 10.7. The Bertz CT molecular complexity index is 536. The second kappa shape index (κ2) is 5.33. The zero-order chi connectivity index (χ0) is 12.3. The van der Waals surface area contributed by atoms with E-state index in [1.165, 1.54) is 0 Å². The summed E-state index contributed by atoms with van der Waals surface area (Å²) >= 11 is 3.39. The van der Waals surface area contributed by atoms with Crippen LogP contribution in [0, 0.1) is 0 Å². The number of methoxy groups -OCH3 is 1. The Hall–Kier alpha value is -1.33. The monoisotopic (exact) mass is 296 g/mol. The van der Waals surface area contributed by atoms with E-state index in [2.05, 4.69) is 26.2 Å². The first-order valence-electron chi connectivity index (χ1n) is 5.26. The van der Waals surface area contributed by atoms with Crippen LogP contribution in [-0.4, -0.2) is 31.2 Å². The van der Waals surface area contributed by atoms with E-state index in [9.17, 15) is 4.79 Å². The number of H-pyrrole nitrogens is 1. The summed E-state index contributed by atoms with van der Waals surface area (Å²) in [5, 5.41) is 3.72. The van der Waals surface area contributed by atoms with Crippen molar-refractivity contribution in [2.75, 3.05) is 20.3 Å². The van der Waals surface area contributed by atoms with Crippen molar-refractivity contribution in [2.24, 2.45) is 0 Å². The van der Waals surface area contributed by atoms with Gasteiger partial charge in [0, 0.05) is 35.2 Å². The van der Waals surface area contributed by atoms with Gasteiger partial charge >= 0.3 is 0 Å². The highest BCUT2D eigenvalue weighted by Gasteiger charge is 2.11. The SMILES string of the molecule is COCCNC(=O)c1c[nH]c2cc(Br)ccc12. The first kappa shape index (κ1) is 12.1. The molecule has 1 amide bonds. The molecule has 0 spiro atoms. The van der Waals surface area contributed by atoms with Gasteiger partial charge < -0.3 is 15.0 Å². The van der Waals surface area contributed by atoms with Crippen LogP contribution in [0.5, 0.6) is 0 Å². The number of aromatic nitrogens is 1. The van der Waals surface area contributed by atoms with Crippen LogP contribution in [0.4, 0.5) is 0 Å². The van der Waals surface area contributed by atoms with E-state index in [0.29, 0.717) is 18.7 Å². The standard InChI is InChI=1S/C12H13BrN2O2/c1-17-5-4-14-12(16)10-7-15-11-6-8(13)2-3-9(10)11/h2-3,6-7,15H,4-5H2,1H3,(H,14,16). The molecule has 1 heterocycles. The highest BCUT2D eigenvalue weighted by molar-refractivity contribution is 9.10. The van der Waals surface area contributed by atoms with Gasteiger partial charge in [0.1, 0.15) is 0 Å². The quantitative estimate of drug-likeness (QED) is 0.851. The van der Waals surface area contributed by atoms with E-state index in [1.54, 1.807) is 13.3 Å². The first-order chi connectivity index (χ1) is 8.22. The summed E-state index contributed by atoms with van der Waals surface area (Å²) in [4.78, 5) is 15.0. The number of benzene rings is 1. The molecule has 0 bridgehead atoms. The van der Waals surface area contributed by atoms with E-state index in [0.717, 1.165) is 15.4 Å². The number of hydrogen-bond donors (Lipinski definition) is 2. The fourth-order valence-electron chi connectivity index (χ4n) is 1.65. The summed E-state index contributed by atoms with van der Waals surface area (Å²) in [6.45, 7) is 1.03. The second-order valence-corrected chi connectivity index (χ2v) is 4.56. The number of fused-ring (bicyclic) bond motifs is 1. The summed E-state index contributed by atoms with van der Waals surface area (Å²) in [5.41, 5.74) is 1.60. The van der Waals surface area contributed by atoms with Gasteiger partial charge in [0.25, 0.3) is 5.91 Å². The average Bonchev–Trinajstić information content (AvgIpc) is 2.72. The molecule has 2 aromatic rings. The van der Waals surface area contributed by atoms with Crippen molar-refractivity contribution in [1.82, 2.24) is 10.3 Å². The van der Waals surface area contributed by atoms with E-state index in [1.807, 2.05) is 18.2 Å². The van der Waals surface area contributed by atoms with Crippen LogP contribution >= 0.6 is 15.9 Å². The lowest BCUT2D eigenvalue weighted by molar-refractivity contribution is 0.0939. The molecule has 90 valence electrons. The van der Waals surface area contributed by atoms with Crippen molar-refractivity contribution in [3.8, 4) is 0 Å². The number of carbonyl (C=O) groups is 1. The number of carbonyl (C=O) groups excluding carboxylic acids is 1. The minimum absolute atomic E-state index is 0.0874. The van der Waals surface area contributed by atoms with Crippen molar-refractivity contribution >= 4 is 32.7 Å². The third-order valence-electron chi connectivity index (χ3n) is 2.48. The largest absolute Gasteiger partial charge is 0.383 e. The van der Waals surface area contributed by atoms with Crippen LogP contribution in [0.2, 0.25) is 0 Å². The Balaban J connectivity index is 2.21. The Morgan fingerprint density at radius 1 is 1.53 bits per heavy atom. The molecule has 0 saturated heterocycles. The first-order valence-corrected chi connectivity index (χ1v) is 6.05. The smallest absolute Gasteiger partial charge is 0.253 e. The summed E-state index contributed by atoms with van der Waals surface area (Å²) in [5.74, 6) is -0.0874. The van der Waals surface area contributed by atoms with Gasteiger partial charge in [-0.2, -0.15) is 0 Å². The maximum Gasteiger partial charge on any atom is 0.253 e. The number of rotatable bonds is 4. The highest BCUT2D eigenvalue weighted by atomic mass is 79.9. The van der Waals surface area contributed by atoms with Gasteiger partial charge in [0.05, 0.1) is 12.2 Å². The molecule has 17 heavy (non-hydrogen) atoms. The molecule has 0 atom stereocenters. The van der Waals surface area contributed by atoms with Crippen molar-refractivity contribution in [2.45, 2.75) is 0 Å². The molecule has 1 aromatic carbocycles. The van der Waals surface area contributed by atoms with Gasteiger partial charge in [0.2, 0.25) is 0 Å². The Morgan fingerprint density at radius 2 is 2.35 bits per heavy atom. The molecule has 4 nitrogen and oxygen atoms in total. The van der Waals surface area contributed by atoms with E-state index in [4.69, 9.17) is 4.74 Å². The number of amides is 1. The summed E-state index contributed by atoms with van der Waals surface area (Å²) in [6, 6.07) is 5.78. The lowest BCUT2D eigenvalue weighted by Gasteiger charge is -2.03. The minimum Gasteiger partial charge on any atom is -0.383 e.